The first-order valence-electron chi connectivity index (χ1n) is 4.56. The summed E-state index contributed by atoms with van der Waals surface area (Å²) in [5.74, 6) is 1.58. The fourth-order valence-corrected chi connectivity index (χ4v) is 3.51. The van der Waals surface area contributed by atoms with Gasteiger partial charge < -0.3 is 4.84 Å². The van der Waals surface area contributed by atoms with Gasteiger partial charge in [-0.2, -0.15) is 0 Å². The van der Waals surface area contributed by atoms with Gasteiger partial charge in [-0.1, -0.05) is 12.1 Å². The second kappa shape index (κ2) is 3.01. The molecule has 3 nitrogen and oxygen atoms in total. The quantitative estimate of drug-likeness (QED) is 0.676. The van der Waals surface area contributed by atoms with E-state index in [2.05, 4.69) is 5.16 Å². The average molecular weight is 199 g/mol. The van der Waals surface area contributed by atoms with Crippen molar-refractivity contribution in [1.82, 2.24) is 0 Å². The smallest absolute Gasteiger partial charge is 0.151 e. The first-order valence-corrected chi connectivity index (χ1v) is 5.54. The minimum Gasteiger partial charge on any atom is -0.395 e. The molecule has 2 atom stereocenters. The summed E-state index contributed by atoms with van der Waals surface area (Å²) in [5.41, 5.74) is 0.979. The van der Waals surface area contributed by atoms with Crippen molar-refractivity contribution in [3.63, 3.8) is 0 Å². The molecular formula is C9H13NO2S. The zero-order chi connectivity index (χ0) is 9.47. The summed E-state index contributed by atoms with van der Waals surface area (Å²) in [6, 6.07) is 0. The Balaban J connectivity index is 2.36. The Morgan fingerprint density at radius 3 is 3.23 bits per heavy atom. The molecule has 0 unspecified atom stereocenters. The van der Waals surface area contributed by atoms with E-state index in [0.29, 0.717) is 12.5 Å². The molecule has 0 spiro atoms. The fourth-order valence-electron chi connectivity index (χ4n) is 2.01. The minimum absolute atomic E-state index is 0.215. The number of hydrogen-bond acceptors (Lipinski definition) is 4. The minimum atomic E-state index is -0.360. The molecule has 1 saturated heterocycles. The zero-order valence-electron chi connectivity index (χ0n) is 7.87. The molecule has 0 aliphatic carbocycles. The standard InChI is InChI=1S/C9H13NO2S/c1-3-9(6(2)11)8-7(5-13-9)4-12-10-8/h7H,3-5H2,1-2H3/t7-,9-/m1/s1. The predicted molar refractivity (Wildman–Crippen MR) is 53.0 cm³/mol. The molecule has 4 heteroatoms. The zero-order valence-corrected chi connectivity index (χ0v) is 8.69. The number of oxime groups is 1. The Bertz CT molecular complexity index is 277. The van der Waals surface area contributed by atoms with Crippen molar-refractivity contribution >= 4 is 23.3 Å². The second-order valence-corrected chi connectivity index (χ2v) is 4.84. The summed E-state index contributed by atoms with van der Waals surface area (Å²) in [5, 5.41) is 4.02. The van der Waals surface area contributed by atoms with E-state index in [0.717, 1.165) is 17.9 Å². The second-order valence-electron chi connectivity index (χ2n) is 3.52. The number of nitrogens with zero attached hydrogens (tertiary/aromatic N) is 1. The third-order valence-electron chi connectivity index (χ3n) is 2.84. The van der Waals surface area contributed by atoms with Crippen molar-refractivity contribution in [2.45, 2.75) is 25.0 Å². The van der Waals surface area contributed by atoms with Crippen LogP contribution in [0.2, 0.25) is 0 Å². The van der Waals surface area contributed by atoms with E-state index in [1.807, 2.05) is 6.92 Å². The molecule has 2 aliphatic heterocycles. The van der Waals surface area contributed by atoms with Gasteiger partial charge in [-0.05, 0) is 13.3 Å². The van der Waals surface area contributed by atoms with E-state index in [9.17, 15) is 4.79 Å². The van der Waals surface area contributed by atoms with Crippen LogP contribution in [-0.2, 0) is 9.63 Å². The van der Waals surface area contributed by atoms with Crippen LogP contribution in [0.15, 0.2) is 5.16 Å². The van der Waals surface area contributed by atoms with E-state index in [-0.39, 0.29) is 10.5 Å². The van der Waals surface area contributed by atoms with Crippen LogP contribution in [0.5, 0.6) is 0 Å². The molecule has 13 heavy (non-hydrogen) atoms. The molecular weight excluding hydrogens is 186 g/mol. The maximum absolute atomic E-state index is 11.6. The molecule has 72 valence electrons. The lowest BCUT2D eigenvalue weighted by atomic mass is 9.89. The van der Waals surface area contributed by atoms with Gasteiger partial charge in [0.1, 0.15) is 11.4 Å². The van der Waals surface area contributed by atoms with E-state index >= 15 is 0 Å². The van der Waals surface area contributed by atoms with Gasteiger partial charge in [0.05, 0.1) is 5.71 Å². The highest BCUT2D eigenvalue weighted by atomic mass is 32.2. The monoisotopic (exact) mass is 199 g/mol. The Morgan fingerprint density at radius 2 is 2.62 bits per heavy atom. The van der Waals surface area contributed by atoms with Gasteiger partial charge >= 0.3 is 0 Å². The number of carbonyl (C=O) groups excluding carboxylic acids is 1. The number of fused-ring (bicyclic) bond motifs is 1. The number of thioether (sulfide) groups is 1. The number of rotatable bonds is 2. The average Bonchev–Trinajstić information content (AvgIpc) is 2.62. The van der Waals surface area contributed by atoms with Crippen molar-refractivity contribution in [2.75, 3.05) is 12.4 Å². The van der Waals surface area contributed by atoms with Crippen LogP contribution in [-0.4, -0.2) is 28.6 Å². The molecule has 0 radical (unpaired) electrons. The molecule has 0 aromatic heterocycles. The summed E-state index contributed by atoms with van der Waals surface area (Å²) < 4.78 is -0.360. The van der Waals surface area contributed by atoms with Crippen LogP contribution in [0.4, 0.5) is 0 Å². The van der Waals surface area contributed by atoms with Gasteiger partial charge in [0.25, 0.3) is 0 Å². The molecule has 1 fully saturated rings. The molecule has 0 saturated carbocycles. The van der Waals surface area contributed by atoms with Crippen molar-refractivity contribution in [1.29, 1.82) is 0 Å². The van der Waals surface area contributed by atoms with Gasteiger partial charge in [-0.25, -0.2) is 0 Å². The first-order chi connectivity index (χ1) is 6.20. The Labute approximate surface area is 81.9 Å². The summed E-state index contributed by atoms with van der Waals surface area (Å²) in [6.07, 6.45) is 0.825. The van der Waals surface area contributed by atoms with Crippen LogP contribution in [0, 0.1) is 5.92 Å². The Kier molecular flexibility index (Phi) is 2.10. The van der Waals surface area contributed by atoms with Gasteiger partial charge in [0, 0.05) is 11.7 Å². The highest BCUT2D eigenvalue weighted by Crippen LogP contribution is 2.44. The van der Waals surface area contributed by atoms with Crippen LogP contribution in [0.1, 0.15) is 20.3 Å². The van der Waals surface area contributed by atoms with E-state index in [1.165, 1.54) is 0 Å². The predicted octanol–water partition coefficient (Wildman–Crippen LogP) is 1.47. The van der Waals surface area contributed by atoms with Crippen LogP contribution >= 0.6 is 11.8 Å². The third kappa shape index (κ3) is 1.11. The number of hydrogen-bond donors (Lipinski definition) is 0. The lowest BCUT2D eigenvalue weighted by Gasteiger charge is -2.22. The number of ketones is 1. The van der Waals surface area contributed by atoms with Gasteiger partial charge in [-0.15, -0.1) is 11.8 Å². The Morgan fingerprint density at radius 1 is 1.85 bits per heavy atom. The van der Waals surface area contributed by atoms with E-state index in [1.54, 1.807) is 18.7 Å². The molecule has 0 N–H and O–H groups in total. The molecule has 0 bridgehead atoms. The molecule has 0 aromatic carbocycles. The normalized spacial score (nSPS) is 36.8. The van der Waals surface area contributed by atoms with E-state index in [4.69, 9.17) is 4.84 Å². The molecule has 2 aliphatic rings. The lowest BCUT2D eigenvalue weighted by Crippen LogP contribution is -2.39. The van der Waals surface area contributed by atoms with E-state index < -0.39 is 0 Å². The number of Topliss-reactive ketones (excluding diaryl/α,β-unsaturated/α-hetero) is 1. The maximum atomic E-state index is 11.6. The first kappa shape index (κ1) is 9.06. The van der Waals surface area contributed by atoms with Crippen LogP contribution in [0.25, 0.3) is 0 Å². The maximum Gasteiger partial charge on any atom is 0.151 e. The largest absolute Gasteiger partial charge is 0.395 e. The summed E-state index contributed by atoms with van der Waals surface area (Å²) >= 11 is 1.73. The highest BCUT2D eigenvalue weighted by molar-refractivity contribution is 8.02. The molecule has 0 aromatic rings. The lowest BCUT2D eigenvalue weighted by molar-refractivity contribution is -0.117. The molecule has 2 rings (SSSR count). The third-order valence-corrected chi connectivity index (χ3v) is 4.68. The van der Waals surface area contributed by atoms with Crippen molar-refractivity contribution in [2.24, 2.45) is 11.1 Å². The summed E-state index contributed by atoms with van der Waals surface area (Å²) in [4.78, 5) is 16.6. The summed E-state index contributed by atoms with van der Waals surface area (Å²) in [7, 11) is 0. The molecule has 0 amide bonds. The fraction of sp³-hybridized carbons (Fsp3) is 0.778. The highest BCUT2D eigenvalue weighted by Gasteiger charge is 2.51. The van der Waals surface area contributed by atoms with Crippen molar-refractivity contribution in [3.8, 4) is 0 Å². The van der Waals surface area contributed by atoms with Crippen molar-refractivity contribution < 1.29 is 9.63 Å². The molecule has 2 heterocycles. The Hall–Kier alpha value is -0.510. The number of carbonyl (C=O) groups is 1. The topological polar surface area (TPSA) is 38.7 Å². The van der Waals surface area contributed by atoms with Gasteiger partial charge in [0.2, 0.25) is 0 Å². The van der Waals surface area contributed by atoms with Crippen molar-refractivity contribution in [3.05, 3.63) is 0 Å². The van der Waals surface area contributed by atoms with Gasteiger partial charge in [-0.3, -0.25) is 4.79 Å². The summed E-state index contributed by atoms with van der Waals surface area (Å²) in [6.45, 7) is 4.36. The SMILES string of the molecule is CC[C@]1(C(C)=O)SC[C@H]2CON=C21. The van der Waals surface area contributed by atoms with Crippen LogP contribution in [0.3, 0.4) is 0 Å². The van der Waals surface area contributed by atoms with Crippen LogP contribution < -0.4 is 0 Å². The van der Waals surface area contributed by atoms with Gasteiger partial charge in [0.15, 0.2) is 5.78 Å².